The van der Waals surface area contributed by atoms with E-state index in [4.69, 9.17) is 5.73 Å². The molecule has 1 aromatic rings. The number of carbonyl (C=O) groups excluding carboxylic acids is 1. The molecule has 3 atom stereocenters. The van der Waals surface area contributed by atoms with E-state index in [2.05, 4.69) is 22.3 Å². The summed E-state index contributed by atoms with van der Waals surface area (Å²) in [6.07, 6.45) is 5.98. The standard InChI is InChI=1S/C15H25N5O.2ClH/c1-2-13-18-14-12(7-4-8-20(14)19-13)17-15(21)11-6-3-5-10(11)9-16;;/h10-12H,2-9,16H2,1H3,(H,17,21);2*1H/t10-,11-,12?;;/m1../s1. The first-order valence-corrected chi connectivity index (χ1v) is 8.17. The van der Waals surface area contributed by atoms with Gasteiger partial charge in [0.05, 0.1) is 6.04 Å². The number of aryl methyl sites for hydroxylation is 2. The number of nitrogens with zero attached hydrogens (tertiary/aromatic N) is 3. The molecular formula is C15H27Cl2N5O. The van der Waals surface area contributed by atoms with Crippen molar-refractivity contribution in [2.75, 3.05) is 6.54 Å². The number of hydrogen-bond donors (Lipinski definition) is 2. The summed E-state index contributed by atoms with van der Waals surface area (Å²) in [5.41, 5.74) is 5.79. The molecule has 2 aliphatic rings. The van der Waals surface area contributed by atoms with E-state index in [1.54, 1.807) is 0 Å². The fourth-order valence-electron chi connectivity index (χ4n) is 3.63. The smallest absolute Gasteiger partial charge is 0.224 e. The van der Waals surface area contributed by atoms with Gasteiger partial charge < -0.3 is 11.1 Å². The largest absolute Gasteiger partial charge is 0.346 e. The maximum atomic E-state index is 12.5. The first kappa shape index (κ1) is 20.2. The lowest BCUT2D eigenvalue weighted by Gasteiger charge is -2.26. The van der Waals surface area contributed by atoms with E-state index in [1.807, 2.05) is 4.68 Å². The topological polar surface area (TPSA) is 85.8 Å². The van der Waals surface area contributed by atoms with Gasteiger partial charge >= 0.3 is 0 Å². The van der Waals surface area contributed by atoms with Crippen molar-refractivity contribution in [3.8, 4) is 0 Å². The minimum atomic E-state index is 0. The number of carbonyl (C=O) groups is 1. The SMILES string of the molecule is CCc1nc2n(n1)CCCC2NC(=O)[C@@H]1CCC[C@@H]1CN.Cl.Cl. The molecule has 1 aromatic heterocycles. The molecule has 1 aliphatic heterocycles. The Hall–Kier alpha value is -0.850. The molecule has 1 amide bonds. The summed E-state index contributed by atoms with van der Waals surface area (Å²) in [4.78, 5) is 17.1. The summed E-state index contributed by atoms with van der Waals surface area (Å²) in [6, 6.07) is 0.0121. The minimum absolute atomic E-state index is 0. The third kappa shape index (κ3) is 4.17. The van der Waals surface area contributed by atoms with Crippen LogP contribution >= 0.6 is 24.8 Å². The van der Waals surface area contributed by atoms with Gasteiger partial charge in [0, 0.05) is 18.9 Å². The van der Waals surface area contributed by atoms with Gasteiger partial charge in [-0.05, 0) is 38.1 Å². The van der Waals surface area contributed by atoms with Gasteiger partial charge in [0.15, 0.2) is 5.82 Å². The van der Waals surface area contributed by atoms with E-state index in [0.717, 1.165) is 56.7 Å². The monoisotopic (exact) mass is 363 g/mol. The van der Waals surface area contributed by atoms with E-state index >= 15 is 0 Å². The molecule has 0 spiro atoms. The van der Waals surface area contributed by atoms with Gasteiger partial charge in [0.25, 0.3) is 0 Å². The Balaban J connectivity index is 0.00000132. The Bertz CT molecular complexity index is 522. The highest BCUT2D eigenvalue weighted by Crippen LogP contribution is 2.32. The van der Waals surface area contributed by atoms with E-state index in [9.17, 15) is 4.79 Å². The van der Waals surface area contributed by atoms with Gasteiger partial charge in [-0.25, -0.2) is 9.67 Å². The first-order valence-electron chi connectivity index (χ1n) is 8.17. The van der Waals surface area contributed by atoms with Crippen LogP contribution in [0.2, 0.25) is 0 Å². The molecule has 0 bridgehead atoms. The van der Waals surface area contributed by atoms with Crippen molar-refractivity contribution in [1.29, 1.82) is 0 Å². The average molecular weight is 364 g/mol. The van der Waals surface area contributed by atoms with Crippen LogP contribution < -0.4 is 11.1 Å². The van der Waals surface area contributed by atoms with Gasteiger partial charge in [0.1, 0.15) is 5.82 Å². The van der Waals surface area contributed by atoms with Crippen molar-refractivity contribution >= 4 is 30.7 Å². The van der Waals surface area contributed by atoms with Crippen molar-refractivity contribution < 1.29 is 4.79 Å². The fourth-order valence-corrected chi connectivity index (χ4v) is 3.63. The maximum Gasteiger partial charge on any atom is 0.224 e. The summed E-state index contributed by atoms with van der Waals surface area (Å²) in [6.45, 7) is 3.57. The lowest BCUT2D eigenvalue weighted by Crippen LogP contribution is -2.39. The molecule has 1 unspecified atom stereocenters. The number of fused-ring (bicyclic) bond motifs is 1. The van der Waals surface area contributed by atoms with Crippen molar-refractivity contribution in [1.82, 2.24) is 20.1 Å². The molecule has 8 heteroatoms. The van der Waals surface area contributed by atoms with Crippen LogP contribution in [0.25, 0.3) is 0 Å². The third-order valence-corrected chi connectivity index (χ3v) is 4.85. The van der Waals surface area contributed by atoms with Crippen LogP contribution in [0.5, 0.6) is 0 Å². The van der Waals surface area contributed by atoms with Gasteiger partial charge in [-0.1, -0.05) is 13.3 Å². The van der Waals surface area contributed by atoms with Crippen molar-refractivity contribution in [3.05, 3.63) is 11.6 Å². The van der Waals surface area contributed by atoms with Crippen molar-refractivity contribution in [2.45, 2.75) is 58.0 Å². The van der Waals surface area contributed by atoms with E-state index in [-0.39, 0.29) is 42.7 Å². The second kappa shape index (κ2) is 8.85. The average Bonchev–Trinajstić information content (AvgIpc) is 3.13. The van der Waals surface area contributed by atoms with Crippen LogP contribution in [0.1, 0.15) is 56.7 Å². The van der Waals surface area contributed by atoms with Crippen LogP contribution in [0.3, 0.4) is 0 Å². The minimum Gasteiger partial charge on any atom is -0.346 e. The fraction of sp³-hybridized carbons (Fsp3) is 0.800. The van der Waals surface area contributed by atoms with Gasteiger partial charge in [-0.3, -0.25) is 4.79 Å². The summed E-state index contributed by atoms with van der Waals surface area (Å²) in [5, 5.41) is 7.69. The molecule has 3 rings (SSSR count). The van der Waals surface area contributed by atoms with Gasteiger partial charge in [-0.2, -0.15) is 5.10 Å². The molecule has 1 saturated carbocycles. The van der Waals surface area contributed by atoms with Gasteiger partial charge in [-0.15, -0.1) is 24.8 Å². The number of halogens is 2. The number of nitrogens with one attached hydrogen (secondary N) is 1. The zero-order valence-electron chi connectivity index (χ0n) is 13.5. The van der Waals surface area contributed by atoms with Crippen molar-refractivity contribution in [2.24, 2.45) is 17.6 Å². The third-order valence-electron chi connectivity index (χ3n) is 4.85. The quantitative estimate of drug-likeness (QED) is 0.856. The Kier molecular flexibility index (Phi) is 7.77. The number of aromatic nitrogens is 3. The second-order valence-electron chi connectivity index (χ2n) is 6.20. The lowest BCUT2D eigenvalue weighted by atomic mass is 9.94. The zero-order valence-corrected chi connectivity index (χ0v) is 15.2. The molecule has 1 fully saturated rings. The molecule has 0 radical (unpaired) electrons. The van der Waals surface area contributed by atoms with Crippen LogP contribution in [0, 0.1) is 11.8 Å². The van der Waals surface area contributed by atoms with Crippen LogP contribution in [0.4, 0.5) is 0 Å². The molecule has 0 aromatic carbocycles. The summed E-state index contributed by atoms with van der Waals surface area (Å²) in [7, 11) is 0. The Labute approximate surface area is 149 Å². The summed E-state index contributed by atoms with van der Waals surface area (Å²) >= 11 is 0. The van der Waals surface area contributed by atoms with Crippen molar-refractivity contribution in [3.63, 3.8) is 0 Å². The molecule has 0 saturated heterocycles. The van der Waals surface area contributed by atoms with Crippen LogP contribution in [0.15, 0.2) is 0 Å². The predicted octanol–water partition coefficient (Wildman–Crippen LogP) is 2.01. The van der Waals surface area contributed by atoms with Crippen LogP contribution in [-0.2, 0) is 17.8 Å². The normalized spacial score (nSPS) is 25.9. The molecule has 132 valence electrons. The molecule has 1 aliphatic carbocycles. The highest BCUT2D eigenvalue weighted by molar-refractivity contribution is 5.85. The second-order valence-corrected chi connectivity index (χ2v) is 6.20. The zero-order chi connectivity index (χ0) is 14.8. The van der Waals surface area contributed by atoms with E-state index in [1.165, 1.54) is 0 Å². The Morgan fingerprint density at radius 2 is 2.09 bits per heavy atom. The Morgan fingerprint density at radius 1 is 1.30 bits per heavy atom. The molecule has 23 heavy (non-hydrogen) atoms. The first-order chi connectivity index (χ1) is 10.2. The van der Waals surface area contributed by atoms with Gasteiger partial charge in [0.2, 0.25) is 5.91 Å². The number of hydrogen-bond acceptors (Lipinski definition) is 4. The number of nitrogens with two attached hydrogens (primary N) is 1. The maximum absolute atomic E-state index is 12.5. The number of rotatable bonds is 4. The highest BCUT2D eigenvalue weighted by Gasteiger charge is 2.34. The van der Waals surface area contributed by atoms with Crippen LogP contribution in [-0.4, -0.2) is 27.2 Å². The molecule has 3 N–H and O–H groups in total. The lowest BCUT2D eigenvalue weighted by molar-refractivity contribution is -0.127. The molecule has 2 heterocycles. The summed E-state index contributed by atoms with van der Waals surface area (Å²) < 4.78 is 1.96. The predicted molar refractivity (Wildman–Crippen MR) is 93.9 cm³/mol. The Morgan fingerprint density at radius 3 is 2.78 bits per heavy atom. The number of amides is 1. The summed E-state index contributed by atoms with van der Waals surface area (Å²) in [5.74, 6) is 2.37. The molecule has 6 nitrogen and oxygen atoms in total. The van der Waals surface area contributed by atoms with E-state index < -0.39 is 0 Å². The highest BCUT2D eigenvalue weighted by atomic mass is 35.5. The molecular weight excluding hydrogens is 337 g/mol. The van der Waals surface area contributed by atoms with E-state index in [0.29, 0.717) is 12.5 Å².